The van der Waals surface area contributed by atoms with Gasteiger partial charge in [0.15, 0.2) is 0 Å². The lowest BCUT2D eigenvalue weighted by molar-refractivity contribution is -0.159. The largest absolute Gasteiger partial charge is 0.480 e. The van der Waals surface area contributed by atoms with Crippen molar-refractivity contribution in [2.75, 3.05) is 25.0 Å². The van der Waals surface area contributed by atoms with Gasteiger partial charge in [-0.1, -0.05) is 17.7 Å². The molecule has 0 aromatic heterocycles. The summed E-state index contributed by atoms with van der Waals surface area (Å²) in [4.78, 5) is 24.1. The Morgan fingerprint density at radius 2 is 2.14 bits per heavy atom. The third-order valence-electron chi connectivity index (χ3n) is 3.25. The second kappa shape index (κ2) is 5.91. The van der Waals surface area contributed by atoms with Crippen LogP contribution in [0.15, 0.2) is 18.2 Å². The van der Waals surface area contributed by atoms with Crippen LogP contribution in [0.1, 0.15) is 12.5 Å². The first-order valence-electron chi connectivity index (χ1n) is 6.47. The smallest absolute Gasteiger partial charge is 0.329 e. The van der Waals surface area contributed by atoms with E-state index in [4.69, 9.17) is 21.4 Å². The van der Waals surface area contributed by atoms with Gasteiger partial charge in [-0.3, -0.25) is 0 Å². The number of aliphatic carboxylic acids is 1. The molecule has 1 saturated heterocycles. The number of rotatable bonds is 4. The van der Waals surface area contributed by atoms with E-state index in [2.05, 4.69) is 5.32 Å². The number of carboxylic acids is 1. The van der Waals surface area contributed by atoms with Crippen LogP contribution in [0.25, 0.3) is 0 Å². The Kier molecular flexibility index (Phi) is 4.39. The predicted octanol–water partition coefficient (Wildman–Crippen LogP) is 2.36. The summed E-state index contributed by atoms with van der Waals surface area (Å²) in [5.41, 5.74) is 0.946. The standard InChI is InChI=1S/C14H17ClN2O4/c1-9-3-4-10(15)11(5-9)16-13(20)17-7-14(2,8-17)21-6-12(18)19/h3-5H,6-8H2,1-2H3,(H,16,20)(H,18,19). The molecule has 1 fully saturated rings. The monoisotopic (exact) mass is 312 g/mol. The molecule has 1 aromatic carbocycles. The number of carbonyl (C=O) groups is 2. The molecule has 1 heterocycles. The minimum atomic E-state index is -1.02. The number of urea groups is 1. The van der Waals surface area contributed by atoms with Crippen molar-refractivity contribution in [1.29, 1.82) is 0 Å². The highest BCUT2D eigenvalue weighted by Gasteiger charge is 2.42. The van der Waals surface area contributed by atoms with Crippen molar-refractivity contribution in [3.63, 3.8) is 0 Å². The van der Waals surface area contributed by atoms with Gasteiger partial charge in [0, 0.05) is 0 Å². The number of ether oxygens (including phenoxy) is 1. The van der Waals surface area contributed by atoms with E-state index in [-0.39, 0.29) is 12.6 Å². The number of aryl methyl sites for hydroxylation is 1. The summed E-state index contributed by atoms with van der Waals surface area (Å²) in [6.45, 7) is 4.01. The van der Waals surface area contributed by atoms with Crippen LogP contribution in [0.5, 0.6) is 0 Å². The average molecular weight is 313 g/mol. The molecule has 114 valence electrons. The Hall–Kier alpha value is -1.79. The maximum atomic E-state index is 12.1. The highest BCUT2D eigenvalue weighted by atomic mass is 35.5. The zero-order chi connectivity index (χ0) is 15.6. The molecule has 6 nitrogen and oxygen atoms in total. The molecule has 0 bridgehead atoms. The van der Waals surface area contributed by atoms with E-state index >= 15 is 0 Å². The van der Waals surface area contributed by atoms with Crippen molar-refractivity contribution in [3.8, 4) is 0 Å². The Morgan fingerprint density at radius 3 is 2.76 bits per heavy atom. The van der Waals surface area contributed by atoms with E-state index in [9.17, 15) is 9.59 Å². The van der Waals surface area contributed by atoms with Crippen molar-refractivity contribution in [1.82, 2.24) is 4.90 Å². The molecule has 1 aliphatic rings. The highest BCUT2D eigenvalue weighted by molar-refractivity contribution is 6.33. The van der Waals surface area contributed by atoms with E-state index in [1.54, 1.807) is 24.0 Å². The maximum Gasteiger partial charge on any atom is 0.329 e. The lowest BCUT2D eigenvalue weighted by Gasteiger charge is -2.46. The molecular formula is C14H17ClN2O4. The SMILES string of the molecule is Cc1ccc(Cl)c(NC(=O)N2CC(C)(OCC(=O)O)C2)c1. The lowest BCUT2D eigenvalue weighted by atomic mass is 9.97. The first-order valence-corrected chi connectivity index (χ1v) is 6.85. The molecule has 1 aromatic rings. The minimum Gasteiger partial charge on any atom is -0.480 e. The highest BCUT2D eigenvalue weighted by Crippen LogP contribution is 2.27. The van der Waals surface area contributed by atoms with Gasteiger partial charge in [-0.15, -0.1) is 0 Å². The maximum absolute atomic E-state index is 12.1. The summed E-state index contributed by atoms with van der Waals surface area (Å²) in [6, 6.07) is 5.10. The Balaban J connectivity index is 1.89. The van der Waals surface area contributed by atoms with Gasteiger partial charge in [0.2, 0.25) is 0 Å². The number of carboxylic acid groups (broad SMARTS) is 1. The van der Waals surface area contributed by atoms with Crippen molar-refractivity contribution < 1.29 is 19.4 Å². The zero-order valence-electron chi connectivity index (χ0n) is 11.9. The summed E-state index contributed by atoms with van der Waals surface area (Å²) < 4.78 is 5.25. The lowest BCUT2D eigenvalue weighted by Crippen LogP contribution is -2.64. The second-order valence-corrected chi connectivity index (χ2v) is 5.81. The molecule has 2 N–H and O–H groups in total. The van der Waals surface area contributed by atoms with Crippen LogP contribution in [0.3, 0.4) is 0 Å². The van der Waals surface area contributed by atoms with Gasteiger partial charge >= 0.3 is 12.0 Å². The van der Waals surface area contributed by atoms with Gasteiger partial charge in [0.05, 0.1) is 23.8 Å². The van der Waals surface area contributed by atoms with Crippen LogP contribution in [0, 0.1) is 6.92 Å². The number of nitrogens with one attached hydrogen (secondary N) is 1. The Morgan fingerprint density at radius 1 is 1.48 bits per heavy atom. The fourth-order valence-corrected chi connectivity index (χ4v) is 2.33. The minimum absolute atomic E-state index is 0.279. The van der Waals surface area contributed by atoms with Crippen LogP contribution in [0.2, 0.25) is 5.02 Å². The molecule has 2 amide bonds. The number of carbonyl (C=O) groups excluding carboxylic acids is 1. The fourth-order valence-electron chi connectivity index (χ4n) is 2.16. The van der Waals surface area contributed by atoms with E-state index in [0.29, 0.717) is 23.8 Å². The number of hydrogen-bond donors (Lipinski definition) is 2. The van der Waals surface area contributed by atoms with Gasteiger partial charge < -0.3 is 20.1 Å². The fraction of sp³-hybridized carbons (Fsp3) is 0.429. The summed E-state index contributed by atoms with van der Waals surface area (Å²) in [5, 5.41) is 11.8. The van der Waals surface area contributed by atoms with Crippen LogP contribution in [0.4, 0.5) is 10.5 Å². The normalized spacial score (nSPS) is 16.2. The molecule has 0 atom stereocenters. The molecule has 21 heavy (non-hydrogen) atoms. The third kappa shape index (κ3) is 3.86. The van der Waals surface area contributed by atoms with Crippen LogP contribution in [-0.2, 0) is 9.53 Å². The van der Waals surface area contributed by atoms with E-state index < -0.39 is 11.6 Å². The van der Waals surface area contributed by atoms with Gasteiger partial charge in [-0.05, 0) is 31.5 Å². The van der Waals surface area contributed by atoms with Crippen LogP contribution >= 0.6 is 11.6 Å². The molecule has 0 saturated carbocycles. The number of anilines is 1. The Bertz CT molecular complexity index is 570. The van der Waals surface area contributed by atoms with E-state index in [1.165, 1.54) is 0 Å². The number of hydrogen-bond acceptors (Lipinski definition) is 3. The number of halogens is 1. The van der Waals surface area contributed by atoms with E-state index in [1.807, 2.05) is 13.0 Å². The van der Waals surface area contributed by atoms with E-state index in [0.717, 1.165) is 5.56 Å². The number of nitrogens with zero attached hydrogens (tertiary/aromatic N) is 1. The summed E-state index contributed by atoms with van der Waals surface area (Å²) in [5.74, 6) is -1.02. The first kappa shape index (κ1) is 15.6. The van der Waals surface area contributed by atoms with Crippen molar-refractivity contribution in [2.45, 2.75) is 19.4 Å². The Labute approximate surface area is 127 Å². The average Bonchev–Trinajstić information content (AvgIpc) is 2.37. The molecule has 1 aliphatic heterocycles. The van der Waals surface area contributed by atoms with Crippen LogP contribution in [-0.4, -0.2) is 47.3 Å². The quantitative estimate of drug-likeness (QED) is 0.894. The van der Waals surface area contributed by atoms with Crippen molar-refractivity contribution in [2.24, 2.45) is 0 Å². The second-order valence-electron chi connectivity index (χ2n) is 5.40. The molecule has 2 rings (SSSR count). The van der Waals surface area contributed by atoms with Crippen LogP contribution < -0.4 is 5.32 Å². The molecule has 7 heteroatoms. The number of benzene rings is 1. The van der Waals surface area contributed by atoms with Crippen molar-refractivity contribution in [3.05, 3.63) is 28.8 Å². The topological polar surface area (TPSA) is 78.9 Å². The van der Waals surface area contributed by atoms with Gasteiger partial charge in [-0.25, -0.2) is 9.59 Å². The summed E-state index contributed by atoms with van der Waals surface area (Å²) in [7, 11) is 0. The molecule has 0 aliphatic carbocycles. The first-order chi connectivity index (χ1) is 9.79. The number of likely N-dealkylation sites (tertiary alicyclic amines) is 1. The number of amides is 2. The predicted molar refractivity (Wildman–Crippen MR) is 78.8 cm³/mol. The summed E-state index contributed by atoms with van der Waals surface area (Å²) in [6.07, 6.45) is 0. The molecular weight excluding hydrogens is 296 g/mol. The summed E-state index contributed by atoms with van der Waals surface area (Å²) >= 11 is 6.02. The molecule has 0 spiro atoms. The van der Waals surface area contributed by atoms with Gasteiger partial charge in [-0.2, -0.15) is 0 Å². The molecule has 0 unspecified atom stereocenters. The zero-order valence-corrected chi connectivity index (χ0v) is 12.6. The van der Waals surface area contributed by atoms with Gasteiger partial charge in [0.25, 0.3) is 0 Å². The van der Waals surface area contributed by atoms with Gasteiger partial charge in [0.1, 0.15) is 12.2 Å². The third-order valence-corrected chi connectivity index (χ3v) is 3.58. The molecule has 0 radical (unpaired) electrons. The van der Waals surface area contributed by atoms with Crippen molar-refractivity contribution >= 4 is 29.3 Å².